The molecule has 3 N–H and O–H groups in total. The molecule has 0 radical (unpaired) electrons. The Morgan fingerprint density at radius 1 is 1.10 bits per heavy atom. The fourth-order valence-electron chi connectivity index (χ4n) is 1.53. The van der Waals surface area contributed by atoms with E-state index in [0.29, 0.717) is 5.69 Å². The fraction of sp³-hybridized carbons (Fsp3) is 0.308. The summed E-state index contributed by atoms with van der Waals surface area (Å²) in [6.07, 6.45) is 0. The molecule has 0 bridgehead atoms. The van der Waals surface area contributed by atoms with Crippen molar-refractivity contribution >= 4 is 23.5 Å². The topological polar surface area (TPSA) is 98.7 Å². The molecule has 7 heteroatoms. The average molecular weight is 279 g/mol. The van der Waals surface area contributed by atoms with Gasteiger partial charge >= 0.3 is 5.97 Å². The van der Waals surface area contributed by atoms with E-state index in [-0.39, 0.29) is 13.1 Å². The molecule has 2 amide bonds. The molecule has 0 spiro atoms. The van der Waals surface area contributed by atoms with Crippen LogP contribution in [0.25, 0.3) is 0 Å². The third-order valence-corrected chi connectivity index (χ3v) is 2.44. The monoisotopic (exact) mass is 279 g/mol. The van der Waals surface area contributed by atoms with Crippen molar-refractivity contribution in [2.24, 2.45) is 0 Å². The first-order chi connectivity index (χ1) is 9.38. The number of hydrazine groups is 1. The minimum atomic E-state index is -1.04. The second-order valence-corrected chi connectivity index (χ2v) is 4.31. The summed E-state index contributed by atoms with van der Waals surface area (Å²) in [6.45, 7) is 2.69. The molecule has 0 saturated heterocycles. The Hall–Kier alpha value is -2.57. The van der Waals surface area contributed by atoms with E-state index in [0.717, 1.165) is 5.56 Å². The van der Waals surface area contributed by atoms with E-state index in [9.17, 15) is 14.4 Å². The lowest BCUT2D eigenvalue weighted by Gasteiger charge is -2.22. The molecule has 0 saturated carbocycles. The van der Waals surface area contributed by atoms with E-state index < -0.39 is 17.8 Å². The first-order valence-electron chi connectivity index (χ1n) is 5.97. The van der Waals surface area contributed by atoms with E-state index >= 15 is 0 Å². The van der Waals surface area contributed by atoms with E-state index in [1.54, 1.807) is 12.1 Å². The SMILES string of the molecule is CC(=O)NNC(=O)CN(CC(=O)O)c1ccc(C)cc1. The number of carbonyl (C=O) groups is 3. The van der Waals surface area contributed by atoms with Crippen LogP contribution in [0, 0.1) is 6.92 Å². The first kappa shape index (κ1) is 15.5. The molecule has 0 atom stereocenters. The lowest BCUT2D eigenvalue weighted by molar-refractivity contribution is -0.135. The highest BCUT2D eigenvalue weighted by atomic mass is 16.4. The van der Waals surface area contributed by atoms with Gasteiger partial charge in [-0.2, -0.15) is 0 Å². The van der Waals surface area contributed by atoms with Gasteiger partial charge in [0.15, 0.2) is 0 Å². The molecular weight excluding hydrogens is 262 g/mol. The number of hydrogen-bond acceptors (Lipinski definition) is 4. The summed E-state index contributed by atoms with van der Waals surface area (Å²) in [5, 5.41) is 8.89. The van der Waals surface area contributed by atoms with Crippen molar-refractivity contribution < 1.29 is 19.5 Å². The Kier molecular flexibility index (Phi) is 5.52. The Labute approximate surface area is 116 Å². The lowest BCUT2D eigenvalue weighted by Crippen LogP contribution is -2.46. The van der Waals surface area contributed by atoms with Crippen molar-refractivity contribution in [3.8, 4) is 0 Å². The van der Waals surface area contributed by atoms with E-state index in [1.807, 2.05) is 19.1 Å². The summed E-state index contributed by atoms with van der Waals surface area (Å²) in [5.41, 5.74) is 6.00. The molecular formula is C13H17N3O4. The number of aliphatic carboxylic acids is 1. The molecule has 0 aromatic heterocycles. The van der Waals surface area contributed by atoms with E-state index in [2.05, 4.69) is 10.9 Å². The summed E-state index contributed by atoms with van der Waals surface area (Å²) in [5.74, 6) is -1.95. The van der Waals surface area contributed by atoms with Gasteiger partial charge in [-0.1, -0.05) is 17.7 Å². The molecule has 0 fully saturated rings. The maximum Gasteiger partial charge on any atom is 0.323 e. The van der Waals surface area contributed by atoms with Crippen molar-refractivity contribution in [1.29, 1.82) is 0 Å². The number of carboxylic acids is 1. The summed E-state index contributed by atoms with van der Waals surface area (Å²) in [7, 11) is 0. The van der Waals surface area contributed by atoms with E-state index in [1.165, 1.54) is 11.8 Å². The van der Waals surface area contributed by atoms with Gasteiger partial charge in [-0.25, -0.2) is 0 Å². The molecule has 7 nitrogen and oxygen atoms in total. The van der Waals surface area contributed by atoms with Crippen LogP contribution >= 0.6 is 0 Å². The molecule has 1 aromatic rings. The number of carboxylic acid groups (broad SMARTS) is 1. The number of amides is 2. The largest absolute Gasteiger partial charge is 0.480 e. The number of nitrogens with zero attached hydrogens (tertiary/aromatic N) is 1. The number of hydrogen-bond donors (Lipinski definition) is 3. The van der Waals surface area contributed by atoms with Crippen molar-refractivity contribution in [3.63, 3.8) is 0 Å². The molecule has 0 aliphatic carbocycles. The predicted molar refractivity (Wildman–Crippen MR) is 73.0 cm³/mol. The van der Waals surface area contributed by atoms with Crippen LogP contribution in [0.2, 0.25) is 0 Å². The molecule has 0 heterocycles. The van der Waals surface area contributed by atoms with Crippen LogP contribution in [0.3, 0.4) is 0 Å². The van der Waals surface area contributed by atoms with Gasteiger partial charge < -0.3 is 10.0 Å². The summed E-state index contributed by atoms with van der Waals surface area (Å²) < 4.78 is 0. The van der Waals surface area contributed by atoms with Crippen molar-refractivity contribution in [3.05, 3.63) is 29.8 Å². The predicted octanol–water partition coefficient (Wildman–Crippen LogP) is 0.0533. The highest BCUT2D eigenvalue weighted by Crippen LogP contribution is 2.14. The Bertz CT molecular complexity index is 499. The smallest absolute Gasteiger partial charge is 0.323 e. The second-order valence-electron chi connectivity index (χ2n) is 4.31. The number of anilines is 1. The Morgan fingerprint density at radius 3 is 2.20 bits per heavy atom. The van der Waals surface area contributed by atoms with Gasteiger partial charge in [-0.15, -0.1) is 0 Å². The minimum Gasteiger partial charge on any atom is -0.480 e. The van der Waals surface area contributed by atoms with Gasteiger partial charge in [0.1, 0.15) is 6.54 Å². The van der Waals surface area contributed by atoms with Gasteiger partial charge in [-0.05, 0) is 19.1 Å². The van der Waals surface area contributed by atoms with E-state index in [4.69, 9.17) is 5.11 Å². The first-order valence-corrected chi connectivity index (χ1v) is 5.97. The van der Waals surface area contributed by atoms with Crippen LogP contribution in [0.5, 0.6) is 0 Å². The number of carbonyl (C=O) groups excluding carboxylic acids is 2. The number of rotatable bonds is 5. The maximum atomic E-state index is 11.6. The van der Waals surface area contributed by atoms with Crippen LogP contribution < -0.4 is 15.8 Å². The molecule has 1 aromatic carbocycles. The van der Waals surface area contributed by atoms with Gasteiger partial charge in [0.25, 0.3) is 5.91 Å². The second kappa shape index (κ2) is 7.13. The summed E-state index contributed by atoms with van der Waals surface area (Å²) >= 11 is 0. The minimum absolute atomic E-state index is 0.171. The summed E-state index contributed by atoms with van der Waals surface area (Å²) in [6, 6.07) is 7.14. The highest BCUT2D eigenvalue weighted by Gasteiger charge is 2.14. The van der Waals surface area contributed by atoms with Crippen LogP contribution in [0.1, 0.15) is 12.5 Å². The number of nitrogens with one attached hydrogen (secondary N) is 2. The van der Waals surface area contributed by atoms with Gasteiger partial charge in [-0.3, -0.25) is 25.2 Å². The Balaban J connectivity index is 2.74. The average Bonchev–Trinajstić information content (AvgIpc) is 2.36. The van der Waals surface area contributed by atoms with Crippen LogP contribution in [0.15, 0.2) is 24.3 Å². The molecule has 108 valence electrons. The van der Waals surface area contributed by atoms with Gasteiger partial charge in [0.2, 0.25) is 5.91 Å². The zero-order valence-electron chi connectivity index (χ0n) is 11.3. The number of benzene rings is 1. The molecule has 20 heavy (non-hydrogen) atoms. The van der Waals surface area contributed by atoms with Crippen molar-refractivity contribution in [2.45, 2.75) is 13.8 Å². The lowest BCUT2D eigenvalue weighted by atomic mass is 10.2. The standard InChI is InChI=1S/C13H17N3O4/c1-9-3-5-11(6-4-9)16(8-13(19)20)7-12(18)15-14-10(2)17/h3-6H,7-8H2,1-2H3,(H,14,17)(H,15,18)(H,19,20). The third kappa shape index (κ3) is 5.38. The van der Waals surface area contributed by atoms with Crippen LogP contribution in [-0.2, 0) is 14.4 Å². The fourth-order valence-corrected chi connectivity index (χ4v) is 1.53. The Morgan fingerprint density at radius 2 is 1.70 bits per heavy atom. The third-order valence-electron chi connectivity index (χ3n) is 2.44. The van der Waals surface area contributed by atoms with Crippen molar-refractivity contribution in [1.82, 2.24) is 10.9 Å². The van der Waals surface area contributed by atoms with Crippen LogP contribution in [-0.4, -0.2) is 36.0 Å². The molecule has 1 rings (SSSR count). The van der Waals surface area contributed by atoms with Crippen molar-refractivity contribution in [2.75, 3.05) is 18.0 Å². The highest BCUT2D eigenvalue weighted by molar-refractivity contribution is 5.85. The van der Waals surface area contributed by atoms with Gasteiger partial charge in [0, 0.05) is 12.6 Å². The quantitative estimate of drug-likeness (QED) is 0.662. The number of aryl methyl sites for hydroxylation is 1. The van der Waals surface area contributed by atoms with Crippen LogP contribution in [0.4, 0.5) is 5.69 Å². The zero-order chi connectivity index (χ0) is 15.1. The molecule has 0 unspecified atom stereocenters. The zero-order valence-corrected chi connectivity index (χ0v) is 11.3. The normalized spacial score (nSPS) is 9.70. The molecule has 0 aliphatic heterocycles. The molecule has 0 aliphatic rings. The maximum absolute atomic E-state index is 11.6. The van der Waals surface area contributed by atoms with Gasteiger partial charge in [0.05, 0.1) is 6.54 Å². The summed E-state index contributed by atoms with van der Waals surface area (Å²) in [4.78, 5) is 34.6.